The summed E-state index contributed by atoms with van der Waals surface area (Å²) in [5, 5.41) is 12.1. The minimum absolute atomic E-state index is 0.560. The van der Waals surface area contributed by atoms with Crippen LogP contribution in [0.15, 0.2) is 22.7 Å². The van der Waals surface area contributed by atoms with Gasteiger partial charge in [-0.15, -0.1) is 0 Å². The molecule has 0 amide bonds. The van der Waals surface area contributed by atoms with E-state index in [-0.39, 0.29) is 0 Å². The van der Waals surface area contributed by atoms with Gasteiger partial charge < -0.3 is 10.4 Å². The molecule has 0 spiro atoms. The molecular weight excluding hydrogens is 258 g/mol. The van der Waals surface area contributed by atoms with E-state index in [9.17, 15) is 4.79 Å². The molecule has 0 bridgehead atoms. The van der Waals surface area contributed by atoms with Gasteiger partial charge >= 0.3 is 5.97 Å². The van der Waals surface area contributed by atoms with Gasteiger partial charge in [-0.25, -0.2) is 0 Å². The molecule has 1 aromatic rings. The van der Waals surface area contributed by atoms with E-state index in [2.05, 4.69) is 21.2 Å². The first-order chi connectivity index (χ1) is 7.18. The van der Waals surface area contributed by atoms with Crippen LogP contribution in [-0.2, 0) is 11.2 Å². The number of rotatable bonds is 1. The molecule has 15 heavy (non-hydrogen) atoms. The van der Waals surface area contributed by atoms with Crippen molar-refractivity contribution in [3.63, 3.8) is 0 Å². The van der Waals surface area contributed by atoms with Crippen LogP contribution >= 0.6 is 15.9 Å². The summed E-state index contributed by atoms with van der Waals surface area (Å²) in [7, 11) is 0. The molecular formula is C11H12BrNO2. The van der Waals surface area contributed by atoms with E-state index in [0.29, 0.717) is 0 Å². The van der Waals surface area contributed by atoms with Crippen molar-refractivity contribution in [2.75, 3.05) is 6.54 Å². The van der Waals surface area contributed by atoms with Crippen molar-refractivity contribution in [3.05, 3.63) is 33.8 Å². The van der Waals surface area contributed by atoms with Crippen LogP contribution in [0.4, 0.5) is 0 Å². The molecule has 2 rings (SSSR count). The van der Waals surface area contributed by atoms with E-state index in [1.54, 1.807) is 0 Å². The lowest BCUT2D eigenvalue weighted by Crippen LogP contribution is -2.28. The molecule has 0 radical (unpaired) electrons. The second-order valence-corrected chi connectivity index (χ2v) is 4.59. The number of aryl methyl sites for hydroxylation is 1. The Balaban J connectivity index is 2.45. The second-order valence-electron chi connectivity index (χ2n) is 3.67. The van der Waals surface area contributed by atoms with E-state index in [0.717, 1.165) is 35.0 Å². The predicted octanol–water partition coefficient (Wildman–Crippen LogP) is 2.11. The third kappa shape index (κ3) is 2.21. The van der Waals surface area contributed by atoms with Gasteiger partial charge in [0.05, 0.1) is 0 Å². The SMILES string of the molecule is O=C(O)C1NCCCc2cc(Br)ccc21. The smallest absolute Gasteiger partial charge is 0.325 e. The molecule has 4 heteroatoms. The van der Waals surface area contributed by atoms with Crippen molar-refractivity contribution in [2.24, 2.45) is 0 Å². The lowest BCUT2D eigenvalue weighted by Gasteiger charge is -2.14. The summed E-state index contributed by atoms with van der Waals surface area (Å²) in [4.78, 5) is 11.1. The third-order valence-corrected chi connectivity index (χ3v) is 3.13. The summed E-state index contributed by atoms with van der Waals surface area (Å²) in [6.07, 6.45) is 1.92. The zero-order valence-electron chi connectivity index (χ0n) is 8.16. The van der Waals surface area contributed by atoms with Crippen LogP contribution in [0.25, 0.3) is 0 Å². The maximum absolute atomic E-state index is 11.1. The molecule has 0 saturated carbocycles. The van der Waals surface area contributed by atoms with E-state index in [4.69, 9.17) is 5.11 Å². The third-order valence-electron chi connectivity index (χ3n) is 2.63. The van der Waals surface area contributed by atoms with Gasteiger partial charge in [0.25, 0.3) is 0 Å². The topological polar surface area (TPSA) is 49.3 Å². The largest absolute Gasteiger partial charge is 0.480 e. The van der Waals surface area contributed by atoms with Gasteiger partial charge in [-0.05, 0) is 42.6 Å². The van der Waals surface area contributed by atoms with Gasteiger partial charge in [0, 0.05) is 4.47 Å². The van der Waals surface area contributed by atoms with E-state index in [1.165, 1.54) is 0 Å². The molecule has 1 unspecified atom stereocenters. The lowest BCUT2D eigenvalue weighted by atomic mass is 9.99. The fourth-order valence-electron chi connectivity index (χ4n) is 1.93. The van der Waals surface area contributed by atoms with Crippen LogP contribution in [0.3, 0.4) is 0 Å². The second kappa shape index (κ2) is 4.33. The van der Waals surface area contributed by atoms with Crippen molar-refractivity contribution in [3.8, 4) is 0 Å². The summed E-state index contributed by atoms with van der Waals surface area (Å²) >= 11 is 3.41. The number of benzene rings is 1. The summed E-state index contributed by atoms with van der Waals surface area (Å²) in [5.74, 6) is -0.805. The molecule has 1 aromatic carbocycles. The van der Waals surface area contributed by atoms with E-state index >= 15 is 0 Å². The highest BCUT2D eigenvalue weighted by molar-refractivity contribution is 9.10. The lowest BCUT2D eigenvalue weighted by molar-refractivity contribution is -0.139. The van der Waals surface area contributed by atoms with Crippen LogP contribution in [0, 0.1) is 0 Å². The number of carbonyl (C=O) groups is 1. The fraction of sp³-hybridized carbons (Fsp3) is 0.364. The Morgan fingerprint density at radius 2 is 2.33 bits per heavy atom. The molecule has 1 heterocycles. The van der Waals surface area contributed by atoms with Gasteiger partial charge in [0.1, 0.15) is 6.04 Å². The molecule has 0 aliphatic carbocycles. The fourth-order valence-corrected chi connectivity index (χ4v) is 2.34. The Bertz CT molecular complexity index is 392. The molecule has 3 nitrogen and oxygen atoms in total. The minimum atomic E-state index is -0.805. The number of nitrogens with one attached hydrogen (secondary N) is 1. The van der Waals surface area contributed by atoms with Crippen LogP contribution in [0.1, 0.15) is 23.6 Å². The first kappa shape index (κ1) is 10.6. The highest BCUT2D eigenvalue weighted by Crippen LogP contribution is 2.25. The standard InChI is InChI=1S/C11H12BrNO2/c12-8-3-4-9-7(6-8)2-1-5-13-10(9)11(14)15/h3-4,6,10,13H,1-2,5H2,(H,14,15). The van der Waals surface area contributed by atoms with Gasteiger partial charge in [-0.2, -0.15) is 0 Å². The molecule has 0 saturated heterocycles. The van der Waals surface area contributed by atoms with Crippen LogP contribution in [0.2, 0.25) is 0 Å². The monoisotopic (exact) mass is 269 g/mol. The predicted molar refractivity (Wildman–Crippen MR) is 60.8 cm³/mol. The minimum Gasteiger partial charge on any atom is -0.480 e. The average Bonchev–Trinajstić information content (AvgIpc) is 2.38. The molecule has 1 atom stereocenters. The zero-order valence-corrected chi connectivity index (χ0v) is 9.75. The van der Waals surface area contributed by atoms with E-state index in [1.807, 2.05) is 18.2 Å². The number of carboxylic acid groups (broad SMARTS) is 1. The molecule has 80 valence electrons. The Labute approximate surface area is 96.6 Å². The highest BCUT2D eigenvalue weighted by atomic mass is 79.9. The first-order valence-electron chi connectivity index (χ1n) is 4.93. The van der Waals surface area contributed by atoms with Crippen LogP contribution in [0.5, 0.6) is 0 Å². The summed E-state index contributed by atoms with van der Waals surface area (Å²) in [5.41, 5.74) is 2.02. The number of fused-ring (bicyclic) bond motifs is 1. The van der Waals surface area contributed by atoms with Crippen LogP contribution in [-0.4, -0.2) is 17.6 Å². The maximum atomic E-state index is 11.1. The molecule has 1 aliphatic heterocycles. The number of halogens is 1. The summed E-state index contributed by atoms with van der Waals surface area (Å²) in [6, 6.07) is 5.23. The molecule has 0 fully saturated rings. The van der Waals surface area contributed by atoms with Crippen molar-refractivity contribution in [1.82, 2.24) is 5.32 Å². The maximum Gasteiger partial charge on any atom is 0.325 e. The van der Waals surface area contributed by atoms with Gasteiger partial charge in [0.15, 0.2) is 0 Å². The molecule has 0 aromatic heterocycles. The molecule has 2 N–H and O–H groups in total. The number of aliphatic carboxylic acids is 1. The quantitative estimate of drug-likeness (QED) is 0.821. The Hall–Kier alpha value is -0.870. The highest BCUT2D eigenvalue weighted by Gasteiger charge is 2.23. The average molecular weight is 270 g/mol. The summed E-state index contributed by atoms with van der Waals surface area (Å²) < 4.78 is 1.01. The first-order valence-corrected chi connectivity index (χ1v) is 5.72. The van der Waals surface area contributed by atoms with E-state index < -0.39 is 12.0 Å². The number of hydrogen-bond acceptors (Lipinski definition) is 2. The van der Waals surface area contributed by atoms with Crippen molar-refractivity contribution in [2.45, 2.75) is 18.9 Å². The van der Waals surface area contributed by atoms with Crippen molar-refractivity contribution < 1.29 is 9.90 Å². The van der Waals surface area contributed by atoms with Crippen molar-refractivity contribution >= 4 is 21.9 Å². The Morgan fingerprint density at radius 1 is 1.53 bits per heavy atom. The van der Waals surface area contributed by atoms with Gasteiger partial charge in [-0.1, -0.05) is 22.0 Å². The molecule has 1 aliphatic rings. The Morgan fingerprint density at radius 3 is 3.07 bits per heavy atom. The number of hydrogen-bond donors (Lipinski definition) is 2. The van der Waals surface area contributed by atoms with Gasteiger partial charge in [-0.3, -0.25) is 4.79 Å². The van der Waals surface area contributed by atoms with Crippen molar-refractivity contribution in [1.29, 1.82) is 0 Å². The number of carboxylic acids is 1. The summed E-state index contributed by atoms with van der Waals surface area (Å²) in [6.45, 7) is 0.753. The normalized spacial score (nSPS) is 20.5. The van der Waals surface area contributed by atoms with Gasteiger partial charge in [0.2, 0.25) is 0 Å². The zero-order chi connectivity index (χ0) is 10.8. The van der Waals surface area contributed by atoms with Crippen LogP contribution < -0.4 is 5.32 Å². The Kier molecular flexibility index (Phi) is 3.07.